The van der Waals surface area contributed by atoms with E-state index in [4.69, 9.17) is 5.73 Å². The molecule has 1 heterocycles. The fraction of sp³-hybridized carbons (Fsp3) is 0.667. The minimum atomic E-state index is -0.0400. The molecule has 4 nitrogen and oxygen atoms in total. The van der Waals surface area contributed by atoms with E-state index in [1.807, 2.05) is 33.9 Å². The van der Waals surface area contributed by atoms with E-state index in [1.54, 1.807) is 4.68 Å². The highest BCUT2D eigenvalue weighted by molar-refractivity contribution is 5.81. The Bertz CT molecular complexity index is 368. The number of rotatable bonds is 5. The summed E-state index contributed by atoms with van der Waals surface area (Å²) in [5.74, 6) is 0.529. The van der Waals surface area contributed by atoms with Crippen molar-refractivity contribution in [3.63, 3.8) is 0 Å². The van der Waals surface area contributed by atoms with Crippen molar-refractivity contribution in [2.45, 2.75) is 39.7 Å². The van der Waals surface area contributed by atoms with Gasteiger partial charge in [0.15, 0.2) is 0 Å². The number of aromatic nitrogens is 2. The Balaban J connectivity index is 2.55. The fourth-order valence-corrected chi connectivity index (χ4v) is 1.60. The molecule has 4 heteroatoms. The van der Waals surface area contributed by atoms with Crippen LogP contribution in [0.25, 0.3) is 0 Å². The van der Waals surface area contributed by atoms with Gasteiger partial charge in [0.2, 0.25) is 0 Å². The Labute approximate surface area is 96.8 Å². The van der Waals surface area contributed by atoms with Gasteiger partial charge in [0.1, 0.15) is 5.78 Å². The molecule has 90 valence electrons. The summed E-state index contributed by atoms with van der Waals surface area (Å²) >= 11 is 0. The van der Waals surface area contributed by atoms with Gasteiger partial charge in [-0.2, -0.15) is 5.10 Å². The summed E-state index contributed by atoms with van der Waals surface area (Å²) in [6, 6.07) is 1.90. The molecule has 1 atom stereocenters. The first-order valence-corrected chi connectivity index (χ1v) is 5.67. The molecule has 0 bridgehead atoms. The van der Waals surface area contributed by atoms with Gasteiger partial charge in [-0.05, 0) is 18.9 Å². The Morgan fingerprint density at radius 1 is 1.56 bits per heavy atom. The van der Waals surface area contributed by atoms with Crippen molar-refractivity contribution in [3.8, 4) is 0 Å². The van der Waals surface area contributed by atoms with E-state index in [0.717, 1.165) is 11.4 Å². The third-order valence-corrected chi connectivity index (χ3v) is 2.80. The molecule has 0 aliphatic rings. The lowest BCUT2D eigenvalue weighted by Crippen LogP contribution is -2.30. The van der Waals surface area contributed by atoms with E-state index >= 15 is 0 Å². The van der Waals surface area contributed by atoms with Crippen LogP contribution < -0.4 is 5.73 Å². The number of ketones is 1. The van der Waals surface area contributed by atoms with Crippen molar-refractivity contribution in [1.29, 1.82) is 0 Å². The van der Waals surface area contributed by atoms with Crippen LogP contribution in [-0.4, -0.2) is 21.6 Å². The number of carbonyl (C=O) groups is 1. The second-order valence-corrected chi connectivity index (χ2v) is 4.73. The molecule has 16 heavy (non-hydrogen) atoms. The summed E-state index contributed by atoms with van der Waals surface area (Å²) in [7, 11) is 1.86. The first kappa shape index (κ1) is 12.9. The van der Waals surface area contributed by atoms with Gasteiger partial charge in [-0.1, -0.05) is 13.8 Å². The van der Waals surface area contributed by atoms with E-state index in [0.29, 0.717) is 18.8 Å². The Hall–Kier alpha value is -1.16. The largest absolute Gasteiger partial charge is 0.327 e. The fourth-order valence-electron chi connectivity index (χ4n) is 1.60. The zero-order valence-electron chi connectivity index (χ0n) is 10.5. The molecule has 1 aromatic rings. The molecule has 1 aromatic heterocycles. The predicted molar refractivity (Wildman–Crippen MR) is 64.1 cm³/mol. The molecule has 0 spiro atoms. The van der Waals surface area contributed by atoms with Crippen LogP contribution in [0, 0.1) is 12.8 Å². The topological polar surface area (TPSA) is 60.9 Å². The standard InChI is InChI=1S/C12H21N3O/c1-8(2)12(13)7-11(16)6-10-5-9(3)14-15(10)4/h5,8,12H,6-7,13H2,1-4H3. The van der Waals surface area contributed by atoms with Crippen molar-refractivity contribution in [2.24, 2.45) is 18.7 Å². The Kier molecular flexibility index (Phi) is 4.24. The van der Waals surface area contributed by atoms with E-state index in [1.165, 1.54) is 0 Å². The van der Waals surface area contributed by atoms with Gasteiger partial charge >= 0.3 is 0 Å². The number of aryl methyl sites for hydroxylation is 2. The SMILES string of the molecule is Cc1cc(CC(=O)CC(N)C(C)C)n(C)n1. The third kappa shape index (κ3) is 3.45. The molecule has 0 saturated heterocycles. The van der Waals surface area contributed by atoms with E-state index in [2.05, 4.69) is 5.10 Å². The summed E-state index contributed by atoms with van der Waals surface area (Å²) in [4.78, 5) is 11.8. The van der Waals surface area contributed by atoms with Crippen LogP contribution in [-0.2, 0) is 18.3 Å². The maximum Gasteiger partial charge on any atom is 0.140 e. The molecule has 0 fully saturated rings. The quantitative estimate of drug-likeness (QED) is 0.816. The van der Waals surface area contributed by atoms with Crippen LogP contribution in [0.1, 0.15) is 31.7 Å². The monoisotopic (exact) mass is 223 g/mol. The van der Waals surface area contributed by atoms with Crippen molar-refractivity contribution in [1.82, 2.24) is 9.78 Å². The number of Topliss-reactive ketones (excluding diaryl/α,β-unsaturated/α-hetero) is 1. The van der Waals surface area contributed by atoms with Gasteiger partial charge in [-0.15, -0.1) is 0 Å². The first-order valence-electron chi connectivity index (χ1n) is 5.67. The minimum Gasteiger partial charge on any atom is -0.327 e. The van der Waals surface area contributed by atoms with Crippen LogP contribution in [0.4, 0.5) is 0 Å². The normalized spacial score (nSPS) is 13.1. The molecule has 1 rings (SSSR count). The van der Waals surface area contributed by atoms with Gasteiger partial charge in [-0.3, -0.25) is 9.48 Å². The van der Waals surface area contributed by atoms with Gasteiger partial charge < -0.3 is 5.73 Å². The van der Waals surface area contributed by atoms with Crippen molar-refractivity contribution < 1.29 is 4.79 Å². The molecule has 1 unspecified atom stereocenters. The van der Waals surface area contributed by atoms with E-state index in [9.17, 15) is 4.79 Å². The minimum absolute atomic E-state index is 0.0400. The van der Waals surface area contributed by atoms with Crippen LogP contribution in [0.2, 0.25) is 0 Å². The lowest BCUT2D eigenvalue weighted by atomic mass is 9.98. The van der Waals surface area contributed by atoms with Crippen LogP contribution in [0.5, 0.6) is 0 Å². The predicted octanol–water partition coefficient (Wildman–Crippen LogP) is 1.21. The molecule has 0 saturated carbocycles. The second kappa shape index (κ2) is 5.25. The number of hydrogen-bond acceptors (Lipinski definition) is 3. The summed E-state index contributed by atoms with van der Waals surface area (Å²) in [5, 5.41) is 4.21. The third-order valence-electron chi connectivity index (χ3n) is 2.80. The zero-order valence-corrected chi connectivity index (χ0v) is 10.5. The number of carbonyl (C=O) groups excluding carboxylic acids is 1. The van der Waals surface area contributed by atoms with Gasteiger partial charge in [-0.25, -0.2) is 0 Å². The second-order valence-electron chi connectivity index (χ2n) is 4.73. The van der Waals surface area contributed by atoms with Crippen LogP contribution in [0.3, 0.4) is 0 Å². The van der Waals surface area contributed by atoms with Crippen LogP contribution >= 0.6 is 0 Å². The maximum absolute atomic E-state index is 11.8. The number of nitrogens with two attached hydrogens (primary N) is 1. The maximum atomic E-state index is 11.8. The van der Waals surface area contributed by atoms with Crippen molar-refractivity contribution in [3.05, 3.63) is 17.5 Å². The molecule has 2 N–H and O–H groups in total. The highest BCUT2D eigenvalue weighted by Gasteiger charge is 2.14. The number of nitrogens with zero attached hydrogens (tertiary/aromatic N) is 2. The van der Waals surface area contributed by atoms with Crippen molar-refractivity contribution >= 4 is 5.78 Å². The molecular formula is C12H21N3O. The summed E-state index contributed by atoms with van der Waals surface area (Å²) in [6.45, 7) is 5.99. The van der Waals surface area contributed by atoms with Crippen molar-refractivity contribution in [2.75, 3.05) is 0 Å². The molecule has 0 aliphatic heterocycles. The molecular weight excluding hydrogens is 202 g/mol. The first-order chi connectivity index (χ1) is 7.40. The lowest BCUT2D eigenvalue weighted by Gasteiger charge is -2.14. The number of hydrogen-bond donors (Lipinski definition) is 1. The van der Waals surface area contributed by atoms with Gasteiger partial charge in [0, 0.05) is 31.6 Å². The molecule has 0 aromatic carbocycles. The van der Waals surface area contributed by atoms with E-state index in [-0.39, 0.29) is 11.8 Å². The Morgan fingerprint density at radius 3 is 2.62 bits per heavy atom. The molecule has 0 aliphatic carbocycles. The van der Waals surface area contributed by atoms with Crippen LogP contribution in [0.15, 0.2) is 6.07 Å². The average Bonchev–Trinajstić information content (AvgIpc) is 2.44. The summed E-state index contributed by atoms with van der Waals surface area (Å²) in [6.07, 6.45) is 0.875. The van der Waals surface area contributed by atoms with Gasteiger partial charge in [0.05, 0.1) is 5.69 Å². The average molecular weight is 223 g/mol. The highest BCUT2D eigenvalue weighted by atomic mass is 16.1. The summed E-state index contributed by atoms with van der Waals surface area (Å²) < 4.78 is 1.76. The summed E-state index contributed by atoms with van der Waals surface area (Å²) in [5.41, 5.74) is 7.77. The Morgan fingerprint density at radius 2 is 2.19 bits per heavy atom. The lowest BCUT2D eigenvalue weighted by molar-refractivity contribution is -0.119. The molecule has 0 radical (unpaired) electrons. The zero-order chi connectivity index (χ0) is 12.3. The highest BCUT2D eigenvalue weighted by Crippen LogP contribution is 2.08. The smallest absolute Gasteiger partial charge is 0.140 e. The molecule has 0 amide bonds. The van der Waals surface area contributed by atoms with Gasteiger partial charge in [0.25, 0.3) is 0 Å². The van der Waals surface area contributed by atoms with E-state index < -0.39 is 0 Å².